The fourth-order valence-corrected chi connectivity index (χ4v) is 2.08. The Morgan fingerprint density at radius 3 is 2.38 bits per heavy atom. The van der Waals surface area contributed by atoms with Crippen LogP contribution in [0.2, 0.25) is 10.0 Å². The molecule has 21 heavy (non-hydrogen) atoms. The van der Waals surface area contributed by atoms with Crippen LogP contribution in [0.15, 0.2) is 53.6 Å². The molecule has 1 amide bonds. The first-order valence-electron chi connectivity index (χ1n) is 6.21. The molecule has 0 radical (unpaired) electrons. The van der Waals surface area contributed by atoms with Gasteiger partial charge in [-0.3, -0.25) is 4.79 Å². The highest BCUT2D eigenvalue weighted by atomic mass is 35.5. The minimum Gasteiger partial charge on any atom is -0.376 e. The summed E-state index contributed by atoms with van der Waals surface area (Å²) in [7, 11) is 0. The number of benzene rings is 2. The summed E-state index contributed by atoms with van der Waals surface area (Å²) in [4.78, 5) is 11.6. The van der Waals surface area contributed by atoms with E-state index in [2.05, 4.69) is 15.8 Å². The third-order valence-corrected chi connectivity index (χ3v) is 3.27. The first kappa shape index (κ1) is 15.4. The van der Waals surface area contributed by atoms with Gasteiger partial charge in [-0.05, 0) is 24.3 Å². The van der Waals surface area contributed by atoms with Gasteiger partial charge >= 0.3 is 0 Å². The van der Waals surface area contributed by atoms with Crippen molar-refractivity contribution in [1.29, 1.82) is 0 Å². The van der Waals surface area contributed by atoms with Gasteiger partial charge in [-0.1, -0.05) is 47.5 Å². The van der Waals surface area contributed by atoms with Crippen molar-refractivity contribution in [2.45, 2.75) is 0 Å². The Bertz CT molecular complexity index is 624. The zero-order valence-electron chi connectivity index (χ0n) is 11.0. The van der Waals surface area contributed by atoms with Crippen LogP contribution in [-0.2, 0) is 4.79 Å². The molecular weight excluding hydrogens is 309 g/mol. The highest BCUT2D eigenvalue weighted by Crippen LogP contribution is 2.21. The average Bonchev–Trinajstić information content (AvgIpc) is 2.49. The number of hydrazone groups is 1. The second kappa shape index (κ2) is 7.67. The van der Waals surface area contributed by atoms with Crippen molar-refractivity contribution < 1.29 is 4.79 Å². The molecule has 0 aromatic heterocycles. The van der Waals surface area contributed by atoms with E-state index in [-0.39, 0.29) is 12.5 Å². The Kier molecular flexibility index (Phi) is 5.60. The van der Waals surface area contributed by atoms with E-state index < -0.39 is 0 Å². The molecule has 0 heterocycles. The monoisotopic (exact) mass is 321 g/mol. The second-order valence-corrected chi connectivity index (χ2v) is 4.96. The van der Waals surface area contributed by atoms with E-state index in [1.54, 1.807) is 18.2 Å². The topological polar surface area (TPSA) is 53.5 Å². The maximum Gasteiger partial charge on any atom is 0.259 e. The molecule has 0 saturated carbocycles. The molecule has 108 valence electrons. The largest absolute Gasteiger partial charge is 0.376 e. The van der Waals surface area contributed by atoms with Gasteiger partial charge in [-0.25, -0.2) is 5.43 Å². The van der Waals surface area contributed by atoms with Crippen molar-refractivity contribution in [2.24, 2.45) is 5.10 Å². The SMILES string of the molecule is O=C(CNc1ccccc1)N/N=C/c1c(Cl)cccc1Cl. The summed E-state index contributed by atoms with van der Waals surface area (Å²) in [5.74, 6) is -0.265. The summed E-state index contributed by atoms with van der Waals surface area (Å²) in [6.45, 7) is 0.123. The van der Waals surface area contributed by atoms with E-state index in [1.807, 2.05) is 30.3 Å². The smallest absolute Gasteiger partial charge is 0.259 e. The van der Waals surface area contributed by atoms with E-state index >= 15 is 0 Å². The van der Waals surface area contributed by atoms with Gasteiger partial charge in [0.15, 0.2) is 0 Å². The molecule has 2 aromatic rings. The highest BCUT2D eigenvalue weighted by molar-refractivity contribution is 6.38. The van der Waals surface area contributed by atoms with Gasteiger partial charge < -0.3 is 5.32 Å². The van der Waals surface area contributed by atoms with Crippen LogP contribution in [0.1, 0.15) is 5.56 Å². The van der Waals surface area contributed by atoms with Crippen molar-refractivity contribution in [3.05, 3.63) is 64.1 Å². The van der Waals surface area contributed by atoms with Crippen LogP contribution < -0.4 is 10.7 Å². The van der Waals surface area contributed by atoms with Crippen LogP contribution in [0.5, 0.6) is 0 Å². The van der Waals surface area contributed by atoms with Gasteiger partial charge in [0, 0.05) is 11.3 Å². The van der Waals surface area contributed by atoms with Gasteiger partial charge in [0.25, 0.3) is 5.91 Å². The molecule has 0 atom stereocenters. The maximum absolute atomic E-state index is 11.6. The Labute approximate surface area is 132 Å². The number of carbonyl (C=O) groups is 1. The molecule has 2 aromatic carbocycles. The third kappa shape index (κ3) is 4.77. The zero-order valence-corrected chi connectivity index (χ0v) is 12.5. The molecule has 0 fully saturated rings. The first-order chi connectivity index (χ1) is 10.2. The van der Waals surface area contributed by atoms with Crippen molar-refractivity contribution in [3.63, 3.8) is 0 Å². The number of nitrogens with zero attached hydrogens (tertiary/aromatic N) is 1. The predicted octanol–water partition coefficient (Wildman–Crippen LogP) is 3.56. The summed E-state index contributed by atoms with van der Waals surface area (Å²) in [5.41, 5.74) is 3.84. The first-order valence-corrected chi connectivity index (χ1v) is 6.97. The second-order valence-electron chi connectivity index (χ2n) is 4.15. The molecule has 6 heteroatoms. The summed E-state index contributed by atoms with van der Waals surface area (Å²) in [6, 6.07) is 14.6. The number of rotatable bonds is 5. The fraction of sp³-hybridized carbons (Fsp3) is 0.0667. The minimum absolute atomic E-state index is 0.123. The van der Waals surface area contributed by atoms with Crippen molar-refractivity contribution in [2.75, 3.05) is 11.9 Å². The van der Waals surface area contributed by atoms with Gasteiger partial charge in [0.1, 0.15) is 0 Å². The molecule has 0 bridgehead atoms. The highest BCUT2D eigenvalue weighted by Gasteiger charge is 2.03. The molecule has 0 aliphatic carbocycles. The van der Waals surface area contributed by atoms with Crippen LogP contribution in [0.25, 0.3) is 0 Å². The van der Waals surface area contributed by atoms with E-state index in [0.29, 0.717) is 15.6 Å². The van der Waals surface area contributed by atoms with Crippen molar-refractivity contribution >= 4 is 41.0 Å². The lowest BCUT2D eigenvalue weighted by Crippen LogP contribution is -2.25. The van der Waals surface area contributed by atoms with Gasteiger partial charge in [0.05, 0.1) is 22.8 Å². The lowest BCUT2D eigenvalue weighted by Gasteiger charge is -2.04. The van der Waals surface area contributed by atoms with Gasteiger partial charge in [-0.2, -0.15) is 5.10 Å². The normalized spacial score (nSPS) is 10.6. The Morgan fingerprint density at radius 1 is 1.05 bits per heavy atom. The van der Waals surface area contributed by atoms with E-state index in [9.17, 15) is 4.79 Å². The van der Waals surface area contributed by atoms with Crippen molar-refractivity contribution in [3.8, 4) is 0 Å². The molecule has 0 aliphatic heterocycles. The van der Waals surface area contributed by atoms with Crippen LogP contribution in [0.3, 0.4) is 0 Å². The van der Waals surface area contributed by atoms with Crippen LogP contribution in [0, 0.1) is 0 Å². The van der Waals surface area contributed by atoms with Crippen LogP contribution in [-0.4, -0.2) is 18.7 Å². The summed E-state index contributed by atoms with van der Waals surface area (Å²) in [5, 5.41) is 7.77. The van der Waals surface area contributed by atoms with Gasteiger partial charge in [0.2, 0.25) is 0 Å². The van der Waals surface area contributed by atoms with Crippen molar-refractivity contribution in [1.82, 2.24) is 5.43 Å². The fourth-order valence-electron chi connectivity index (χ4n) is 1.58. The van der Waals surface area contributed by atoms with E-state index in [4.69, 9.17) is 23.2 Å². The average molecular weight is 322 g/mol. The number of carbonyl (C=O) groups excluding carboxylic acids is 1. The molecular formula is C15H13Cl2N3O. The summed E-state index contributed by atoms with van der Waals surface area (Å²) < 4.78 is 0. The number of hydrogen-bond acceptors (Lipinski definition) is 3. The molecule has 2 rings (SSSR count). The number of hydrogen-bond donors (Lipinski definition) is 2. The number of amides is 1. The lowest BCUT2D eigenvalue weighted by molar-refractivity contribution is -0.119. The van der Waals surface area contributed by atoms with E-state index in [1.165, 1.54) is 6.21 Å². The molecule has 0 saturated heterocycles. The summed E-state index contributed by atoms with van der Waals surface area (Å²) >= 11 is 12.0. The minimum atomic E-state index is -0.265. The molecule has 0 spiro atoms. The number of nitrogens with one attached hydrogen (secondary N) is 2. The van der Waals surface area contributed by atoms with Crippen LogP contribution >= 0.6 is 23.2 Å². The Morgan fingerprint density at radius 2 is 1.71 bits per heavy atom. The van der Waals surface area contributed by atoms with Crippen LogP contribution in [0.4, 0.5) is 5.69 Å². The number of halogens is 2. The Hall–Kier alpha value is -2.04. The maximum atomic E-state index is 11.6. The molecule has 0 unspecified atom stereocenters. The Balaban J connectivity index is 1.85. The lowest BCUT2D eigenvalue weighted by atomic mass is 10.2. The zero-order chi connectivity index (χ0) is 15.1. The molecule has 4 nitrogen and oxygen atoms in total. The molecule has 2 N–H and O–H groups in total. The quantitative estimate of drug-likeness (QED) is 0.653. The standard InChI is InChI=1S/C15H13Cl2N3O/c16-13-7-4-8-14(17)12(13)9-19-20-15(21)10-18-11-5-2-1-3-6-11/h1-9,18H,10H2,(H,20,21)/b19-9+. The predicted molar refractivity (Wildman–Crippen MR) is 87.1 cm³/mol. The van der Waals surface area contributed by atoms with Gasteiger partial charge in [-0.15, -0.1) is 0 Å². The summed E-state index contributed by atoms with van der Waals surface area (Å²) in [6.07, 6.45) is 1.42. The van der Waals surface area contributed by atoms with E-state index in [0.717, 1.165) is 5.69 Å². The molecule has 0 aliphatic rings. The number of para-hydroxylation sites is 1. The third-order valence-electron chi connectivity index (χ3n) is 2.61. The number of anilines is 1.